The lowest BCUT2D eigenvalue weighted by Gasteiger charge is -2.37. The Hall–Kier alpha value is -1.56. The van der Waals surface area contributed by atoms with Gasteiger partial charge in [0.15, 0.2) is 11.6 Å². The van der Waals surface area contributed by atoms with Gasteiger partial charge in [0, 0.05) is 11.5 Å². The third-order valence-electron chi connectivity index (χ3n) is 7.14. The lowest BCUT2D eigenvalue weighted by Crippen LogP contribution is -2.26. The zero-order valence-corrected chi connectivity index (χ0v) is 17.0. The minimum atomic E-state index is -0.743. The van der Waals surface area contributed by atoms with Gasteiger partial charge < -0.3 is 0 Å². The van der Waals surface area contributed by atoms with Crippen molar-refractivity contribution in [3.63, 3.8) is 0 Å². The number of benzene rings is 1. The van der Waals surface area contributed by atoms with Crippen LogP contribution in [0.5, 0.6) is 0 Å². The largest absolute Gasteiger partial charge is 0.204 e. The summed E-state index contributed by atoms with van der Waals surface area (Å²) in [4.78, 5) is 3.43. The molecule has 3 fully saturated rings. The highest BCUT2D eigenvalue weighted by molar-refractivity contribution is 7.78. The summed E-state index contributed by atoms with van der Waals surface area (Å²) in [7, 11) is 0. The van der Waals surface area contributed by atoms with Crippen LogP contribution in [0.1, 0.15) is 69.8 Å². The van der Waals surface area contributed by atoms with Crippen LogP contribution in [0, 0.1) is 53.1 Å². The highest BCUT2D eigenvalue weighted by Crippen LogP contribution is 2.48. The lowest BCUT2D eigenvalue weighted by molar-refractivity contribution is 0.150. The van der Waals surface area contributed by atoms with Gasteiger partial charge in [0.2, 0.25) is 0 Å². The van der Waals surface area contributed by atoms with Gasteiger partial charge in [-0.2, -0.15) is 4.99 Å². The zero-order valence-electron chi connectivity index (χ0n) is 16.2. The van der Waals surface area contributed by atoms with E-state index in [0.29, 0.717) is 11.5 Å². The van der Waals surface area contributed by atoms with Gasteiger partial charge in [-0.25, -0.2) is 8.78 Å². The molecule has 28 heavy (non-hydrogen) atoms. The molecule has 0 N–H and O–H groups in total. The van der Waals surface area contributed by atoms with Crippen LogP contribution in [0.25, 0.3) is 0 Å². The van der Waals surface area contributed by atoms with E-state index >= 15 is 0 Å². The van der Waals surface area contributed by atoms with Crippen LogP contribution in [-0.2, 0) is 0 Å². The summed E-state index contributed by atoms with van der Waals surface area (Å²) in [6.07, 6.45) is 13.5. The van der Waals surface area contributed by atoms with Gasteiger partial charge in [-0.3, -0.25) is 0 Å². The molecule has 1 nitrogen and oxygen atoms in total. The van der Waals surface area contributed by atoms with Gasteiger partial charge in [0.25, 0.3) is 0 Å². The molecule has 4 heteroatoms. The van der Waals surface area contributed by atoms with Crippen molar-refractivity contribution in [1.29, 1.82) is 0 Å². The van der Waals surface area contributed by atoms with E-state index in [1.807, 2.05) is 5.16 Å². The Bertz CT molecular complexity index is 790. The van der Waals surface area contributed by atoms with Crippen LogP contribution in [0.2, 0.25) is 0 Å². The Kier molecular flexibility index (Phi) is 6.24. The van der Waals surface area contributed by atoms with Crippen LogP contribution in [0.3, 0.4) is 0 Å². The average Bonchev–Trinajstić information content (AvgIpc) is 3.55. The molecule has 0 aliphatic heterocycles. The van der Waals surface area contributed by atoms with Gasteiger partial charge in [-0.05, 0) is 112 Å². The molecule has 148 valence electrons. The molecule has 0 bridgehead atoms. The standard InChI is InChI=1S/C24H27F2NS/c25-22-13-17(14-23(26)24(22)27-15-28)2-1-16-3-5-18(6-4-16)19-7-9-20(10-8-19)21-11-12-21/h13-14,16,18-21H,3-12H2. The first kappa shape index (κ1) is 19.7. The van der Waals surface area contributed by atoms with E-state index in [0.717, 1.165) is 36.5 Å². The number of rotatable bonds is 3. The number of isothiocyanates is 1. The fourth-order valence-corrected chi connectivity index (χ4v) is 5.46. The third kappa shape index (κ3) is 4.70. The number of hydrogen-bond donors (Lipinski definition) is 0. The molecule has 3 saturated carbocycles. The molecule has 3 aliphatic carbocycles. The Balaban J connectivity index is 1.30. The number of hydrogen-bond acceptors (Lipinski definition) is 2. The maximum Gasteiger partial charge on any atom is 0.153 e. The van der Waals surface area contributed by atoms with Crippen molar-refractivity contribution in [3.05, 3.63) is 29.3 Å². The van der Waals surface area contributed by atoms with Crippen molar-refractivity contribution in [2.24, 2.45) is 34.6 Å². The second kappa shape index (κ2) is 8.85. The van der Waals surface area contributed by atoms with Crippen LogP contribution >= 0.6 is 12.2 Å². The molecule has 1 aromatic carbocycles. The van der Waals surface area contributed by atoms with Gasteiger partial charge in [-0.15, -0.1) is 0 Å². The Morgan fingerprint density at radius 2 is 1.18 bits per heavy atom. The monoisotopic (exact) mass is 399 g/mol. The third-order valence-corrected chi connectivity index (χ3v) is 7.23. The minimum absolute atomic E-state index is 0.337. The van der Waals surface area contributed by atoms with E-state index in [4.69, 9.17) is 0 Å². The normalized spacial score (nSPS) is 30.1. The first-order chi connectivity index (χ1) is 13.6. The highest BCUT2D eigenvalue weighted by Gasteiger charge is 2.36. The molecular formula is C24H27F2NS. The fraction of sp³-hybridized carbons (Fsp3) is 0.625. The number of nitrogens with zero attached hydrogens (tertiary/aromatic N) is 1. The fourth-order valence-electron chi connectivity index (χ4n) is 5.37. The van der Waals surface area contributed by atoms with Crippen LogP contribution in [0.15, 0.2) is 17.1 Å². The second-order valence-corrected chi connectivity index (χ2v) is 9.07. The molecule has 0 unspecified atom stereocenters. The minimum Gasteiger partial charge on any atom is -0.204 e. The molecule has 1 aromatic rings. The van der Waals surface area contributed by atoms with E-state index < -0.39 is 17.3 Å². The van der Waals surface area contributed by atoms with Crippen LogP contribution < -0.4 is 0 Å². The maximum atomic E-state index is 13.9. The summed E-state index contributed by atoms with van der Waals surface area (Å²) in [5.41, 5.74) is -0.0312. The summed E-state index contributed by atoms with van der Waals surface area (Å²) in [6.45, 7) is 0. The zero-order chi connectivity index (χ0) is 19.5. The first-order valence-electron chi connectivity index (χ1n) is 10.7. The van der Waals surface area contributed by atoms with Crippen molar-refractivity contribution in [2.75, 3.05) is 0 Å². The van der Waals surface area contributed by atoms with Crippen molar-refractivity contribution < 1.29 is 8.78 Å². The van der Waals surface area contributed by atoms with Gasteiger partial charge in [0.1, 0.15) is 5.69 Å². The number of aliphatic imine (C=N–C) groups is 1. The molecule has 0 atom stereocenters. The number of halogens is 2. The quantitative estimate of drug-likeness (QED) is 0.301. The topological polar surface area (TPSA) is 12.4 Å². The SMILES string of the molecule is Fc1cc(C#CC2CCC(C3CCC(C4CC4)CC3)CC2)cc(F)c1N=C=S. The van der Waals surface area contributed by atoms with Crippen molar-refractivity contribution in [2.45, 2.75) is 64.2 Å². The van der Waals surface area contributed by atoms with Gasteiger partial charge in [0.05, 0.1) is 5.16 Å². The van der Waals surface area contributed by atoms with E-state index in [-0.39, 0.29) is 0 Å². The van der Waals surface area contributed by atoms with Crippen molar-refractivity contribution >= 4 is 23.1 Å². The van der Waals surface area contributed by atoms with E-state index in [1.54, 1.807) is 0 Å². The smallest absolute Gasteiger partial charge is 0.153 e. The molecule has 0 aromatic heterocycles. The van der Waals surface area contributed by atoms with E-state index in [1.165, 1.54) is 63.5 Å². The molecule has 3 aliphatic rings. The molecular weight excluding hydrogens is 372 g/mol. The lowest BCUT2D eigenvalue weighted by atomic mass is 9.68. The average molecular weight is 400 g/mol. The molecule has 4 rings (SSSR count). The Morgan fingerprint density at radius 1 is 0.750 bits per heavy atom. The summed E-state index contributed by atoms with van der Waals surface area (Å²) in [5.74, 6) is 8.94. The van der Waals surface area contributed by atoms with E-state index in [9.17, 15) is 8.78 Å². The Morgan fingerprint density at radius 3 is 1.61 bits per heavy atom. The maximum absolute atomic E-state index is 13.9. The van der Waals surface area contributed by atoms with Crippen LogP contribution in [0.4, 0.5) is 14.5 Å². The van der Waals surface area contributed by atoms with E-state index in [2.05, 4.69) is 29.1 Å². The predicted octanol–water partition coefficient (Wildman–Crippen LogP) is 7.07. The Labute approximate surface area is 172 Å². The van der Waals surface area contributed by atoms with Crippen molar-refractivity contribution in [1.82, 2.24) is 0 Å². The molecule has 0 spiro atoms. The van der Waals surface area contributed by atoms with Crippen LogP contribution in [-0.4, -0.2) is 5.16 Å². The molecule has 0 radical (unpaired) electrons. The molecule has 0 heterocycles. The van der Waals surface area contributed by atoms with Crippen molar-refractivity contribution in [3.8, 4) is 11.8 Å². The highest BCUT2D eigenvalue weighted by atomic mass is 32.1. The van der Waals surface area contributed by atoms with Gasteiger partial charge in [-0.1, -0.05) is 11.8 Å². The summed E-state index contributed by atoms with van der Waals surface area (Å²) in [6, 6.07) is 2.46. The van der Waals surface area contributed by atoms with Gasteiger partial charge >= 0.3 is 0 Å². The molecule has 0 amide bonds. The summed E-state index contributed by atoms with van der Waals surface area (Å²) in [5, 5.41) is 2.00. The second-order valence-electron chi connectivity index (χ2n) is 8.88. The summed E-state index contributed by atoms with van der Waals surface area (Å²) < 4.78 is 27.8. The predicted molar refractivity (Wildman–Crippen MR) is 112 cm³/mol. The summed E-state index contributed by atoms with van der Waals surface area (Å²) >= 11 is 4.42. The number of thiocarbonyl (C=S) groups is 1. The first-order valence-corrected chi connectivity index (χ1v) is 11.1. The molecule has 0 saturated heterocycles.